The van der Waals surface area contributed by atoms with Crippen LogP contribution in [0.2, 0.25) is 0 Å². The molecule has 0 aliphatic carbocycles. The molecule has 0 aliphatic heterocycles. The fourth-order valence-electron chi connectivity index (χ4n) is 2.01. The minimum Gasteiger partial charge on any atom is -0.466 e. The first kappa shape index (κ1) is 16.9. The highest BCUT2D eigenvalue weighted by atomic mass is 35.5. The first-order valence-electron chi connectivity index (χ1n) is 7.31. The van der Waals surface area contributed by atoms with Crippen LogP contribution in [-0.2, 0) is 9.53 Å². The molecular formula is C18H19ClO2S. The lowest BCUT2D eigenvalue weighted by Gasteiger charge is -2.10. The van der Waals surface area contributed by atoms with Crippen molar-refractivity contribution in [3.8, 4) is 0 Å². The Labute approximate surface area is 140 Å². The Morgan fingerprint density at radius 3 is 2.36 bits per heavy atom. The number of hydrogen-bond donors (Lipinski definition) is 0. The van der Waals surface area contributed by atoms with E-state index in [0.29, 0.717) is 19.4 Å². The SMILES string of the molecule is CCOC(=O)CCC(Cl)c1ccc(Sc2ccccc2)cc1. The zero-order valence-electron chi connectivity index (χ0n) is 12.5. The van der Waals surface area contributed by atoms with Gasteiger partial charge in [0, 0.05) is 16.2 Å². The van der Waals surface area contributed by atoms with Gasteiger partial charge < -0.3 is 4.74 Å². The summed E-state index contributed by atoms with van der Waals surface area (Å²) in [5.41, 5.74) is 1.03. The normalized spacial score (nSPS) is 11.9. The lowest BCUT2D eigenvalue weighted by atomic mass is 10.1. The fourth-order valence-corrected chi connectivity index (χ4v) is 3.11. The zero-order chi connectivity index (χ0) is 15.8. The van der Waals surface area contributed by atoms with Gasteiger partial charge in [0.05, 0.1) is 12.0 Å². The number of carbonyl (C=O) groups is 1. The predicted molar refractivity (Wildman–Crippen MR) is 91.5 cm³/mol. The van der Waals surface area contributed by atoms with Crippen molar-refractivity contribution in [2.24, 2.45) is 0 Å². The van der Waals surface area contributed by atoms with E-state index in [-0.39, 0.29) is 11.3 Å². The van der Waals surface area contributed by atoms with Gasteiger partial charge in [0.1, 0.15) is 0 Å². The number of esters is 1. The first-order valence-corrected chi connectivity index (χ1v) is 8.57. The minimum atomic E-state index is -0.190. The number of alkyl halides is 1. The molecule has 0 heterocycles. The van der Waals surface area contributed by atoms with Crippen LogP contribution in [0, 0.1) is 0 Å². The maximum absolute atomic E-state index is 11.4. The molecule has 0 radical (unpaired) electrons. The maximum atomic E-state index is 11.4. The number of halogens is 1. The van der Waals surface area contributed by atoms with Gasteiger partial charge in [0.2, 0.25) is 0 Å². The molecule has 0 amide bonds. The van der Waals surface area contributed by atoms with Crippen LogP contribution >= 0.6 is 23.4 Å². The van der Waals surface area contributed by atoms with Crippen molar-refractivity contribution < 1.29 is 9.53 Å². The molecule has 0 saturated carbocycles. The van der Waals surface area contributed by atoms with Gasteiger partial charge in [-0.2, -0.15) is 0 Å². The van der Waals surface area contributed by atoms with E-state index >= 15 is 0 Å². The van der Waals surface area contributed by atoms with Crippen LogP contribution < -0.4 is 0 Å². The molecule has 0 N–H and O–H groups in total. The van der Waals surface area contributed by atoms with Crippen LogP contribution in [0.5, 0.6) is 0 Å². The lowest BCUT2D eigenvalue weighted by Crippen LogP contribution is -2.05. The summed E-state index contributed by atoms with van der Waals surface area (Å²) in [5.74, 6) is -0.190. The molecule has 1 atom stereocenters. The molecule has 1 unspecified atom stereocenters. The van der Waals surface area contributed by atoms with Gasteiger partial charge in [-0.3, -0.25) is 4.79 Å². The minimum absolute atomic E-state index is 0.166. The van der Waals surface area contributed by atoms with Gasteiger partial charge in [0.25, 0.3) is 0 Å². The van der Waals surface area contributed by atoms with E-state index < -0.39 is 0 Å². The summed E-state index contributed by atoms with van der Waals surface area (Å²) in [6, 6.07) is 18.4. The molecule has 2 aromatic carbocycles. The van der Waals surface area contributed by atoms with E-state index in [1.165, 1.54) is 9.79 Å². The Morgan fingerprint density at radius 2 is 1.73 bits per heavy atom. The van der Waals surface area contributed by atoms with Gasteiger partial charge in [-0.25, -0.2) is 0 Å². The highest BCUT2D eigenvalue weighted by Crippen LogP contribution is 2.31. The molecule has 2 nitrogen and oxygen atoms in total. The molecule has 22 heavy (non-hydrogen) atoms. The molecule has 0 aromatic heterocycles. The van der Waals surface area contributed by atoms with Gasteiger partial charge in [-0.05, 0) is 43.2 Å². The van der Waals surface area contributed by atoms with Crippen molar-refractivity contribution in [2.75, 3.05) is 6.61 Å². The van der Waals surface area contributed by atoms with Crippen molar-refractivity contribution in [1.29, 1.82) is 0 Å². The van der Waals surface area contributed by atoms with Gasteiger partial charge in [-0.15, -0.1) is 11.6 Å². The third-order valence-corrected chi connectivity index (χ3v) is 4.61. The summed E-state index contributed by atoms with van der Waals surface area (Å²) in [6.07, 6.45) is 0.939. The Balaban J connectivity index is 1.89. The Bertz CT molecular complexity index is 584. The Morgan fingerprint density at radius 1 is 1.09 bits per heavy atom. The zero-order valence-corrected chi connectivity index (χ0v) is 14.1. The van der Waals surface area contributed by atoms with E-state index in [1.807, 2.05) is 30.3 Å². The monoisotopic (exact) mass is 334 g/mol. The number of rotatable bonds is 7. The van der Waals surface area contributed by atoms with Crippen molar-refractivity contribution in [3.05, 3.63) is 60.2 Å². The Kier molecular flexibility index (Phi) is 6.81. The standard InChI is InChI=1S/C18H19ClO2S/c1-2-21-18(20)13-12-17(19)14-8-10-16(11-9-14)22-15-6-4-3-5-7-15/h3-11,17H,2,12-13H2,1H3. The van der Waals surface area contributed by atoms with Crippen LogP contribution in [0.1, 0.15) is 30.7 Å². The summed E-state index contributed by atoms with van der Waals surface area (Å²) in [4.78, 5) is 13.7. The highest BCUT2D eigenvalue weighted by molar-refractivity contribution is 7.99. The van der Waals surface area contributed by atoms with Crippen molar-refractivity contribution in [3.63, 3.8) is 0 Å². The summed E-state index contributed by atoms with van der Waals surface area (Å²) in [6.45, 7) is 2.22. The second kappa shape index (κ2) is 8.86. The van der Waals surface area contributed by atoms with Gasteiger partial charge in [-0.1, -0.05) is 42.1 Å². The van der Waals surface area contributed by atoms with Crippen molar-refractivity contribution in [2.45, 2.75) is 34.9 Å². The molecule has 0 fully saturated rings. The fraction of sp³-hybridized carbons (Fsp3) is 0.278. The van der Waals surface area contributed by atoms with Crippen LogP contribution in [0.4, 0.5) is 0 Å². The average molecular weight is 335 g/mol. The van der Waals surface area contributed by atoms with Crippen LogP contribution in [0.3, 0.4) is 0 Å². The molecule has 116 valence electrons. The van der Waals surface area contributed by atoms with Crippen molar-refractivity contribution in [1.82, 2.24) is 0 Å². The van der Waals surface area contributed by atoms with E-state index in [9.17, 15) is 4.79 Å². The molecule has 2 rings (SSSR count). The van der Waals surface area contributed by atoms with Crippen LogP contribution in [-0.4, -0.2) is 12.6 Å². The van der Waals surface area contributed by atoms with E-state index in [0.717, 1.165) is 5.56 Å². The van der Waals surface area contributed by atoms with Crippen molar-refractivity contribution >= 4 is 29.3 Å². The molecule has 0 saturated heterocycles. The first-order chi connectivity index (χ1) is 10.7. The van der Waals surface area contributed by atoms with Gasteiger partial charge in [0.15, 0.2) is 0 Å². The largest absolute Gasteiger partial charge is 0.466 e. The van der Waals surface area contributed by atoms with E-state index in [4.69, 9.17) is 16.3 Å². The van der Waals surface area contributed by atoms with Crippen LogP contribution in [0.25, 0.3) is 0 Å². The molecule has 0 spiro atoms. The topological polar surface area (TPSA) is 26.3 Å². The second-order valence-electron chi connectivity index (χ2n) is 4.80. The molecule has 4 heteroatoms. The molecule has 2 aromatic rings. The third kappa shape index (κ3) is 5.39. The average Bonchev–Trinajstić information content (AvgIpc) is 2.54. The maximum Gasteiger partial charge on any atom is 0.305 e. The van der Waals surface area contributed by atoms with Crippen LogP contribution in [0.15, 0.2) is 64.4 Å². The number of carbonyl (C=O) groups excluding carboxylic acids is 1. The summed E-state index contributed by atoms with van der Waals surface area (Å²) in [5, 5.41) is -0.166. The summed E-state index contributed by atoms with van der Waals surface area (Å²) >= 11 is 8.06. The second-order valence-corrected chi connectivity index (χ2v) is 6.47. The van der Waals surface area contributed by atoms with Gasteiger partial charge >= 0.3 is 5.97 Å². The Hall–Kier alpha value is -1.45. The summed E-state index contributed by atoms with van der Waals surface area (Å²) < 4.78 is 4.91. The smallest absolute Gasteiger partial charge is 0.305 e. The number of hydrogen-bond acceptors (Lipinski definition) is 3. The number of benzene rings is 2. The van der Waals surface area contributed by atoms with E-state index in [1.54, 1.807) is 18.7 Å². The van der Waals surface area contributed by atoms with E-state index in [2.05, 4.69) is 24.3 Å². The lowest BCUT2D eigenvalue weighted by molar-refractivity contribution is -0.143. The quantitative estimate of drug-likeness (QED) is 0.496. The molecule has 0 bridgehead atoms. The molecule has 0 aliphatic rings. The molecular weight excluding hydrogens is 316 g/mol. The highest BCUT2D eigenvalue weighted by Gasteiger charge is 2.11. The predicted octanol–water partition coefficient (Wildman–Crippen LogP) is 5.46. The number of ether oxygens (including phenoxy) is 1. The summed E-state index contributed by atoms with van der Waals surface area (Å²) in [7, 11) is 0. The third-order valence-electron chi connectivity index (χ3n) is 3.13.